The maximum absolute atomic E-state index is 13.1. The molecule has 3 amide bonds. The minimum absolute atomic E-state index is 0.0367. The number of anilines is 1. The number of amides is 3. The summed E-state index contributed by atoms with van der Waals surface area (Å²) in [5.41, 5.74) is 16.3. The average molecular weight is 629 g/mol. The third-order valence-corrected chi connectivity index (χ3v) is 7.09. The number of nitrogens with zero attached hydrogens (tertiary/aromatic N) is 3. The number of benzene rings is 1. The van der Waals surface area contributed by atoms with Crippen molar-refractivity contribution in [3.63, 3.8) is 0 Å². The van der Waals surface area contributed by atoms with Crippen LogP contribution in [0.15, 0.2) is 78.1 Å². The molecule has 2 aromatic heterocycles. The van der Waals surface area contributed by atoms with Crippen LogP contribution in [0.2, 0.25) is 0 Å². The van der Waals surface area contributed by atoms with Gasteiger partial charge in [-0.15, -0.1) is 0 Å². The summed E-state index contributed by atoms with van der Waals surface area (Å²) in [5.74, 6) is -0.540. The molecule has 244 valence electrons. The Morgan fingerprint density at radius 2 is 1.83 bits per heavy atom. The molecule has 0 bridgehead atoms. The molecule has 1 aromatic carbocycles. The highest BCUT2D eigenvalue weighted by Crippen LogP contribution is 2.37. The molecule has 12 heteroatoms. The standard InChI is InChI=1S/C32H38N8O4.C2H6/c1-5-19-13-14-36-22(15-19)18-40(3)32(43)25-12-11-21(17-37-25)23-7-6-8-24(29(23)44-4)38-26(28(34)31(42)35-2)16-27(33)39-30(41)20-9-10-20;1-2/h6-8,11-17,20,38H,5,9-10,18,33-34H2,1-4H3,(H,35,42)(H,39,41);1-2H3/b27-16+,28-26+;. The molecule has 1 aliphatic rings. The molecule has 0 saturated heterocycles. The molecule has 0 unspecified atom stereocenters. The normalized spacial score (nSPS) is 13.0. The first-order valence-electron chi connectivity index (χ1n) is 15.2. The molecule has 46 heavy (non-hydrogen) atoms. The number of allylic oxidation sites excluding steroid dienone is 1. The lowest BCUT2D eigenvalue weighted by Crippen LogP contribution is -2.31. The van der Waals surface area contributed by atoms with Gasteiger partial charge in [0.2, 0.25) is 5.91 Å². The van der Waals surface area contributed by atoms with Gasteiger partial charge in [-0.2, -0.15) is 0 Å². The number of rotatable bonds is 12. The number of pyridine rings is 2. The lowest BCUT2D eigenvalue weighted by Gasteiger charge is -2.18. The first kappa shape index (κ1) is 35.1. The van der Waals surface area contributed by atoms with E-state index in [-0.39, 0.29) is 40.6 Å². The second kappa shape index (κ2) is 16.6. The maximum Gasteiger partial charge on any atom is 0.272 e. The van der Waals surface area contributed by atoms with E-state index in [1.54, 1.807) is 48.6 Å². The van der Waals surface area contributed by atoms with Crippen molar-refractivity contribution < 1.29 is 19.1 Å². The highest BCUT2D eigenvalue weighted by molar-refractivity contribution is 5.95. The largest absolute Gasteiger partial charge is 0.494 e. The molecule has 4 rings (SSSR count). The van der Waals surface area contributed by atoms with Crippen molar-refractivity contribution in [2.45, 2.75) is 46.6 Å². The third kappa shape index (κ3) is 9.07. The monoisotopic (exact) mass is 628 g/mol. The van der Waals surface area contributed by atoms with E-state index in [1.807, 2.05) is 32.0 Å². The Bertz CT molecular complexity index is 1600. The van der Waals surface area contributed by atoms with Gasteiger partial charge in [-0.25, -0.2) is 0 Å². The number of carbonyl (C=O) groups is 3. The number of aromatic nitrogens is 2. The van der Waals surface area contributed by atoms with Crippen LogP contribution in [0.5, 0.6) is 5.75 Å². The van der Waals surface area contributed by atoms with Gasteiger partial charge < -0.3 is 37.1 Å². The van der Waals surface area contributed by atoms with Crippen LogP contribution in [0.4, 0.5) is 5.69 Å². The second-order valence-corrected chi connectivity index (χ2v) is 10.4. The summed E-state index contributed by atoms with van der Waals surface area (Å²) in [5, 5.41) is 8.25. The van der Waals surface area contributed by atoms with Crippen molar-refractivity contribution >= 4 is 23.4 Å². The summed E-state index contributed by atoms with van der Waals surface area (Å²) in [6.07, 6.45) is 7.26. The Kier molecular flexibility index (Phi) is 12.7. The molecule has 1 aliphatic carbocycles. The van der Waals surface area contributed by atoms with E-state index in [0.29, 0.717) is 29.1 Å². The summed E-state index contributed by atoms with van der Waals surface area (Å²) in [4.78, 5) is 48.1. The van der Waals surface area contributed by atoms with Crippen LogP contribution >= 0.6 is 0 Å². The van der Waals surface area contributed by atoms with Crippen LogP contribution in [-0.2, 0) is 22.6 Å². The van der Waals surface area contributed by atoms with Gasteiger partial charge in [0.25, 0.3) is 11.8 Å². The molecule has 1 fully saturated rings. The number of aryl methyl sites for hydroxylation is 1. The summed E-state index contributed by atoms with van der Waals surface area (Å²) >= 11 is 0. The van der Waals surface area contributed by atoms with Gasteiger partial charge in [-0.05, 0) is 49.1 Å². The molecular weight excluding hydrogens is 584 g/mol. The quantitative estimate of drug-likeness (QED) is 0.148. The number of nitrogens with two attached hydrogens (primary N) is 2. The lowest BCUT2D eigenvalue weighted by atomic mass is 10.0. The van der Waals surface area contributed by atoms with Gasteiger partial charge in [0.1, 0.15) is 23.0 Å². The van der Waals surface area contributed by atoms with Gasteiger partial charge in [0.05, 0.1) is 30.7 Å². The molecule has 0 radical (unpaired) electrons. The van der Waals surface area contributed by atoms with E-state index in [4.69, 9.17) is 16.2 Å². The Hall–Kier alpha value is -5.39. The van der Waals surface area contributed by atoms with Gasteiger partial charge in [-0.1, -0.05) is 39.0 Å². The molecule has 0 spiro atoms. The Morgan fingerprint density at radius 1 is 1.09 bits per heavy atom. The van der Waals surface area contributed by atoms with Crippen molar-refractivity contribution in [2.24, 2.45) is 17.4 Å². The number of likely N-dealkylation sites (N-methyl/N-ethyl adjacent to an activating group) is 1. The first-order chi connectivity index (χ1) is 22.1. The zero-order valence-corrected chi connectivity index (χ0v) is 27.3. The molecule has 0 aliphatic heterocycles. The van der Waals surface area contributed by atoms with Crippen molar-refractivity contribution in [3.05, 3.63) is 95.1 Å². The summed E-state index contributed by atoms with van der Waals surface area (Å²) < 4.78 is 5.75. The van der Waals surface area contributed by atoms with E-state index in [2.05, 4.69) is 32.8 Å². The maximum atomic E-state index is 13.1. The first-order valence-corrected chi connectivity index (χ1v) is 15.2. The van der Waals surface area contributed by atoms with Crippen LogP contribution in [0.25, 0.3) is 11.1 Å². The lowest BCUT2D eigenvalue weighted by molar-refractivity contribution is -0.121. The van der Waals surface area contributed by atoms with Crippen LogP contribution in [0, 0.1) is 5.92 Å². The molecule has 12 nitrogen and oxygen atoms in total. The Morgan fingerprint density at radius 3 is 2.43 bits per heavy atom. The minimum atomic E-state index is -0.538. The second-order valence-electron chi connectivity index (χ2n) is 10.4. The fourth-order valence-electron chi connectivity index (χ4n) is 4.47. The minimum Gasteiger partial charge on any atom is -0.494 e. The van der Waals surface area contributed by atoms with E-state index in [1.165, 1.54) is 20.2 Å². The number of methoxy groups -OCH3 is 1. The zero-order chi connectivity index (χ0) is 33.8. The van der Waals surface area contributed by atoms with E-state index >= 15 is 0 Å². The van der Waals surface area contributed by atoms with E-state index in [0.717, 1.165) is 30.5 Å². The van der Waals surface area contributed by atoms with Crippen molar-refractivity contribution in [1.82, 2.24) is 25.5 Å². The fraction of sp³-hybridized carbons (Fsp3) is 0.324. The van der Waals surface area contributed by atoms with Crippen LogP contribution in [0.1, 0.15) is 55.4 Å². The number of ether oxygens (including phenoxy) is 1. The van der Waals surface area contributed by atoms with E-state index < -0.39 is 5.91 Å². The highest BCUT2D eigenvalue weighted by atomic mass is 16.5. The van der Waals surface area contributed by atoms with Crippen molar-refractivity contribution in [1.29, 1.82) is 0 Å². The van der Waals surface area contributed by atoms with Crippen LogP contribution in [0.3, 0.4) is 0 Å². The summed E-state index contributed by atoms with van der Waals surface area (Å²) in [6.45, 7) is 6.43. The van der Waals surface area contributed by atoms with Gasteiger partial charge >= 0.3 is 0 Å². The SMILES string of the molecule is CC.CCc1ccnc(CN(C)C(=O)c2ccc(-c3cccc(NC(/C=C(\N)NC(=O)C4CC4)=C(/N)C(=O)NC)c3OC)cn2)c1. The molecule has 0 atom stereocenters. The van der Waals surface area contributed by atoms with Crippen molar-refractivity contribution in [3.8, 4) is 16.9 Å². The number of para-hydroxylation sites is 1. The van der Waals surface area contributed by atoms with E-state index in [9.17, 15) is 14.4 Å². The Labute approximate surface area is 270 Å². The number of hydrogen-bond donors (Lipinski definition) is 5. The predicted molar refractivity (Wildman–Crippen MR) is 179 cm³/mol. The fourth-order valence-corrected chi connectivity index (χ4v) is 4.47. The smallest absolute Gasteiger partial charge is 0.272 e. The van der Waals surface area contributed by atoms with Gasteiger partial charge in [0.15, 0.2) is 0 Å². The van der Waals surface area contributed by atoms with Crippen molar-refractivity contribution in [2.75, 3.05) is 26.5 Å². The zero-order valence-electron chi connectivity index (χ0n) is 27.3. The van der Waals surface area contributed by atoms with Crippen LogP contribution in [-0.4, -0.2) is 53.8 Å². The summed E-state index contributed by atoms with van der Waals surface area (Å²) in [7, 11) is 4.68. The Balaban J connectivity index is 0.00000282. The topological polar surface area (TPSA) is 178 Å². The van der Waals surface area contributed by atoms with Crippen LogP contribution < -0.4 is 32.2 Å². The predicted octanol–water partition coefficient (Wildman–Crippen LogP) is 3.67. The molecule has 2 heterocycles. The summed E-state index contributed by atoms with van der Waals surface area (Å²) in [6, 6.07) is 12.8. The third-order valence-electron chi connectivity index (χ3n) is 7.09. The molecule has 1 saturated carbocycles. The number of carbonyl (C=O) groups excluding carboxylic acids is 3. The molecule has 3 aromatic rings. The van der Waals surface area contributed by atoms with Gasteiger partial charge in [-0.3, -0.25) is 24.4 Å². The highest BCUT2D eigenvalue weighted by Gasteiger charge is 2.29. The molecular formula is C34H44N8O4. The number of hydrogen-bond acceptors (Lipinski definition) is 9. The molecule has 7 N–H and O–H groups in total. The van der Waals surface area contributed by atoms with Gasteiger partial charge in [0, 0.05) is 49.6 Å². The average Bonchev–Trinajstić information content (AvgIpc) is 3.94. The number of nitrogens with one attached hydrogen (secondary N) is 3.